The van der Waals surface area contributed by atoms with Gasteiger partial charge in [0.2, 0.25) is 0 Å². The van der Waals surface area contributed by atoms with E-state index < -0.39 is 0 Å². The number of nitrogens with two attached hydrogens (primary N) is 1. The zero-order valence-corrected chi connectivity index (χ0v) is 19.1. The van der Waals surface area contributed by atoms with Gasteiger partial charge in [0.05, 0.1) is 11.5 Å². The maximum absolute atomic E-state index is 8.76. The highest BCUT2D eigenvalue weighted by Crippen LogP contribution is 2.44. The van der Waals surface area contributed by atoms with Gasteiger partial charge in [-0.2, -0.15) is 0 Å². The zero-order chi connectivity index (χ0) is 23.1. The number of hydrogen-bond donors (Lipinski definition) is 1. The molecule has 1 aliphatic carbocycles. The van der Waals surface area contributed by atoms with Gasteiger partial charge in [-0.25, -0.2) is 9.97 Å². The molecular weight excluding hydrogens is 430 g/mol. The first-order valence-corrected chi connectivity index (χ1v) is 12.2. The van der Waals surface area contributed by atoms with E-state index in [9.17, 15) is 0 Å². The van der Waals surface area contributed by atoms with E-state index in [1.54, 1.807) is 0 Å². The maximum Gasteiger partial charge on any atom is 0.146 e. The van der Waals surface area contributed by atoms with Gasteiger partial charge in [0.25, 0.3) is 0 Å². The second-order valence-corrected chi connectivity index (χ2v) is 9.89. The lowest BCUT2D eigenvalue weighted by Crippen LogP contribution is -2.32. The Balaban J connectivity index is 1.30. The fourth-order valence-electron chi connectivity index (χ4n) is 5.98. The molecule has 2 bridgehead atoms. The Hall–Kier alpha value is -3.29. The van der Waals surface area contributed by atoms with Crippen LogP contribution >= 0.6 is 0 Å². The van der Waals surface area contributed by atoms with Gasteiger partial charge >= 0.3 is 0 Å². The first-order chi connectivity index (χ1) is 16.6. The van der Waals surface area contributed by atoms with Gasteiger partial charge in [0.15, 0.2) is 0 Å². The van der Waals surface area contributed by atoms with E-state index in [2.05, 4.69) is 42.9 Å². The molecule has 1 saturated carbocycles. The largest absolute Gasteiger partial charge is 0.491 e. The molecule has 0 atom stereocenters. The van der Waals surface area contributed by atoms with Crippen LogP contribution in [0.5, 0.6) is 5.75 Å². The van der Waals surface area contributed by atoms with Crippen molar-refractivity contribution in [2.45, 2.75) is 75.2 Å². The van der Waals surface area contributed by atoms with Gasteiger partial charge in [-0.1, -0.05) is 17.2 Å². The van der Waals surface area contributed by atoms with E-state index in [0.717, 1.165) is 79.3 Å². The molecular formula is C25H29N7O2. The predicted molar refractivity (Wildman–Crippen MR) is 129 cm³/mol. The molecule has 9 heteroatoms. The van der Waals surface area contributed by atoms with Crippen LogP contribution in [0.3, 0.4) is 0 Å². The number of nitrogen functional groups attached to an aromatic ring is 1. The van der Waals surface area contributed by atoms with Crippen LogP contribution in [0, 0.1) is 0 Å². The zero-order valence-electron chi connectivity index (χ0n) is 19.1. The third kappa shape index (κ3) is 3.75. The molecule has 6 rings (SSSR count). The minimum Gasteiger partial charge on any atom is -0.491 e. The van der Waals surface area contributed by atoms with Gasteiger partial charge < -0.3 is 19.8 Å². The van der Waals surface area contributed by atoms with Crippen molar-refractivity contribution < 1.29 is 9.47 Å². The van der Waals surface area contributed by atoms with Crippen LogP contribution in [0.4, 0.5) is 5.82 Å². The van der Waals surface area contributed by atoms with Crippen LogP contribution in [0.2, 0.25) is 0 Å². The monoisotopic (exact) mass is 459 g/mol. The van der Waals surface area contributed by atoms with Crippen molar-refractivity contribution in [2.75, 3.05) is 12.3 Å². The van der Waals surface area contributed by atoms with Crippen LogP contribution in [-0.4, -0.2) is 38.9 Å². The van der Waals surface area contributed by atoms with Crippen LogP contribution in [-0.2, 0) is 4.74 Å². The van der Waals surface area contributed by atoms with Gasteiger partial charge in [-0.05, 0) is 74.6 Å². The summed E-state index contributed by atoms with van der Waals surface area (Å²) in [6.07, 6.45) is 12.2. The van der Waals surface area contributed by atoms with Crippen molar-refractivity contribution in [1.82, 2.24) is 14.5 Å². The third-order valence-electron chi connectivity index (χ3n) is 7.82. The van der Waals surface area contributed by atoms with Crippen molar-refractivity contribution in [3.63, 3.8) is 0 Å². The Kier molecular flexibility index (Phi) is 5.31. The van der Waals surface area contributed by atoms with E-state index in [1.807, 2.05) is 12.1 Å². The fourth-order valence-corrected chi connectivity index (χ4v) is 5.98. The summed E-state index contributed by atoms with van der Waals surface area (Å²) in [5, 5.41) is 4.78. The molecule has 3 aromatic rings. The molecule has 9 nitrogen and oxygen atoms in total. The number of aromatic nitrogens is 3. The topological polar surface area (TPSA) is 124 Å². The molecule has 176 valence electrons. The molecule has 2 aliphatic heterocycles. The van der Waals surface area contributed by atoms with Gasteiger partial charge in [0, 0.05) is 28.8 Å². The molecule has 3 fully saturated rings. The summed E-state index contributed by atoms with van der Waals surface area (Å²) in [5.41, 5.74) is 17.9. The second kappa shape index (κ2) is 8.49. The summed E-state index contributed by atoms with van der Waals surface area (Å²) >= 11 is 0. The molecule has 1 aromatic carbocycles. The van der Waals surface area contributed by atoms with Gasteiger partial charge in [-0.15, -0.1) is 0 Å². The van der Waals surface area contributed by atoms with E-state index in [4.69, 9.17) is 20.7 Å². The second-order valence-electron chi connectivity index (χ2n) is 9.89. The van der Waals surface area contributed by atoms with Gasteiger partial charge in [-0.3, -0.25) is 0 Å². The number of ether oxygens (including phenoxy) is 2. The highest BCUT2D eigenvalue weighted by molar-refractivity contribution is 6.00. The molecule has 0 radical (unpaired) electrons. The van der Waals surface area contributed by atoms with Crippen LogP contribution in [0.1, 0.15) is 57.4 Å². The van der Waals surface area contributed by atoms with Crippen molar-refractivity contribution in [2.24, 2.45) is 5.11 Å². The number of rotatable bonds is 6. The minimum atomic E-state index is -0.108. The molecule has 34 heavy (non-hydrogen) atoms. The van der Waals surface area contributed by atoms with Crippen LogP contribution in [0.15, 0.2) is 41.9 Å². The number of hydrogen-bond acceptors (Lipinski definition) is 6. The lowest BCUT2D eigenvalue weighted by molar-refractivity contribution is -0.0198. The summed E-state index contributed by atoms with van der Waals surface area (Å²) in [7, 11) is 0. The smallest absolute Gasteiger partial charge is 0.146 e. The first-order valence-electron chi connectivity index (χ1n) is 12.2. The number of anilines is 1. The van der Waals surface area contributed by atoms with Crippen molar-refractivity contribution in [3.05, 3.63) is 47.2 Å². The molecule has 0 unspecified atom stereocenters. The molecule has 0 spiro atoms. The SMILES string of the molecule is [N-]=[N+]=NC1CCC(n2cc(-c3cccc(OCC45CCC(CC4)O5)c3)c3c(N)ncnc32)CC1. The number of fused-ring (bicyclic) bond motifs is 3. The Morgan fingerprint density at radius 3 is 2.74 bits per heavy atom. The molecule has 2 aromatic heterocycles. The van der Waals surface area contributed by atoms with Gasteiger partial charge in [0.1, 0.15) is 35.7 Å². The first kappa shape index (κ1) is 21.3. The Bertz CT molecular complexity index is 1250. The Morgan fingerprint density at radius 2 is 2.00 bits per heavy atom. The van der Waals surface area contributed by atoms with Crippen LogP contribution < -0.4 is 10.5 Å². The number of azide groups is 1. The predicted octanol–water partition coefficient (Wildman–Crippen LogP) is 5.56. The lowest BCUT2D eigenvalue weighted by Gasteiger charge is -2.27. The Morgan fingerprint density at radius 1 is 1.18 bits per heavy atom. The Labute approximate surface area is 197 Å². The molecule has 4 heterocycles. The minimum absolute atomic E-state index is 0.0783. The summed E-state index contributed by atoms with van der Waals surface area (Å²) in [4.78, 5) is 11.9. The van der Waals surface area contributed by atoms with E-state index in [-0.39, 0.29) is 17.7 Å². The normalized spacial score (nSPS) is 28.2. The van der Waals surface area contributed by atoms with E-state index >= 15 is 0 Å². The fraction of sp³-hybridized carbons (Fsp3) is 0.520. The summed E-state index contributed by atoms with van der Waals surface area (Å²) in [6, 6.07) is 8.52. The molecule has 2 N–H and O–H groups in total. The van der Waals surface area contributed by atoms with E-state index in [1.165, 1.54) is 6.33 Å². The van der Waals surface area contributed by atoms with Crippen molar-refractivity contribution in [1.29, 1.82) is 0 Å². The van der Waals surface area contributed by atoms with Crippen molar-refractivity contribution >= 4 is 16.9 Å². The molecule has 2 saturated heterocycles. The average molecular weight is 460 g/mol. The number of nitrogens with zero attached hydrogens (tertiary/aromatic N) is 6. The van der Waals surface area contributed by atoms with Crippen molar-refractivity contribution in [3.8, 4) is 16.9 Å². The average Bonchev–Trinajstić information content (AvgIpc) is 3.58. The number of benzene rings is 1. The summed E-state index contributed by atoms with van der Waals surface area (Å²) < 4.78 is 14.6. The lowest BCUT2D eigenvalue weighted by atomic mass is 9.89. The maximum atomic E-state index is 8.76. The quantitative estimate of drug-likeness (QED) is 0.293. The van der Waals surface area contributed by atoms with E-state index in [0.29, 0.717) is 18.5 Å². The highest BCUT2D eigenvalue weighted by atomic mass is 16.6. The highest BCUT2D eigenvalue weighted by Gasteiger charge is 2.46. The third-order valence-corrected chi connectivity index (χ3v) is 7.82. The summed E-state index contributed by atoms with van der Waals surface area (Å²) in [6.45, 7) is 0.592. The molecule has 0 amide bonds. The molecule has 3 aliphatic rings. The standard InChI is InChI=1S/C25H29N7O2/c26-23-22-21(13-32(24(22)29-15-28-23)18-6-4-17(5-7-18)30-31-27)16-2-1-3-20(12-16)33-14-25-10-8-19(34-25)9-11-25/h1-3,12-13,15,17-19H,4-11,14H2,(H2,26,28,29). The summed E-state index contributed by atoms with van der Waals surface area (Å²) in [5.74, 6) is 1.31. The van der Waals surface area contributed by atoms with Crippen LogP contribution in [0.25, 0.3) is 32.6 Å².